The van der Waals surface area contributed by atoms with Crippen molar-refractivity contribution in [1.29, 1.82) is 0 Å². The van der Waals surface area contributed by atoms with Gasteiger partial charge >= 0.3 is 12.1 Å². The molecule has 2 saturated heterocycles. The first-order chi connectivity index (χ1) is 10.8. The van der Waals surface area contributed by atoms with Crippen molar-refractivity contribution in [3.63, 3.8) is 0 Å². The van der Waals surface area contributed by atoms with Crippen LogP contribution in [0.5, 0.6) is 0 Å². The maximum Gasteiger partial charge on any atom is 0.321 e. The van der Waals surface area contributed by atoms with E-state index in [1.54, 1.807) is 0 Å². The van der Waals surface area contributed by atoms with Crippen LogP contribution in [0.25, 0.3) is 0 Å². The summed E-state index contributed by atoms with van der Waals surface area (Å²) in [5.41, 5.74) is -1.95. The molecular formula is C15H22N4O4. The lowest BCUT2D eigenvalue weighted by Crippen LogP contribution is -2.92. The highest BCUT2D eigenvalue weighted by Gasteiger charge is 2.79. The molecule has 23 heavy (non-hydrogen) atoms. The number of carbonyl (C=O) groups excluding carboxylic acids is 4. The van der Waals surface area contributed by atoms with Gasteiger partial charge in [-0.3, -0.25) is 20.2 Å². The standard InChI is InChI=1S/C15H22N4O4/c1-4-5-14-8(16-12(22)18-10(14)20)15(6-7(2)3)9(14)17-13(23)19-11(15)21/h7-9H,4-6H2,1-3H3,(H2,16,18,20,22)(H2,17,19,21,23). The Hall–Kier alpha value is -2.12. The molecule has 3 fully saturated rings. The van der Waals surface area contributed by atoms with Gasteiger partial charge in [0.15, 0.2) is 0 Å². The van der Waals surface area contributed by atoms with Crippen molar-refractivity contribution in [2.45, 2.75) is 52.1 Å². The van der Waals surface area contributed by atoms with Crippen LogP contribution in [0.4, 0.5) is 9.59 Å². The zero-order valence-electron chi connectivity index (χ0n) is 13.5. The van der Waals surface area contributed by atoms with E-state index in [0.29, 0.717) is 19.3 Å². The molecule has 4 N–H and O–H groups in total. The van der Waals surface area contributed by atoms with Crippen molar-refractivity contribution < 1.29 is 19.2 Å². The first-order valence-corrected chi connectivity index (χ1v) is 8.03. The lowest BCUT2D eigenvalue weighted by atomic mass is 9.40. The van der Waals surface area contributed by atoms with Crippen molar-refractivity contribution in [3.05, 3.63) is 0 Å². The maximum absolute atomic E-state index is 12.7. The fourth-order valence-electron chi connectivity index (χ4n) is 4.79. The van der Waals surface area contributed by atoms with Gasteiger partial charge in [0.1, 0.15) is 0 Å². The monoisotopic (exact) mass is 322 g/mol. The van der Waals surface area contributed by atoms with Crippen LogP contribution in [0.2, 0.25) is 0 Å². The summed E-state index contributed by atoms with van der Waals surface area (Å²) >= 11 is 0. The summed E-state index contributed by atoms with van der Waals surface area (Å²) in [6.45, 7) is 5.88. The zero-order valence-corrected chi connectivity index (χ0v) is 13.5. The fourth-order valence-corrected chi connectivity index (χ4v) is 4.79. The van der Waals surface area contributed by atoms with Gasteiger partial charge in [-0.15, -0.1) is 0 Å². The van der Waals surface area contributed by atoms with E-state index in [0.717, 1.165) is 0 Å². The molecule has 0 aromatic heterocycles. The molecule has 8 nitrogen and oxygen atoms in total. The molecule has 0 spiro atoms. The van der Waals surface area contributed by atoms with E-state index in [4.69, 9.17) is 0 Å². The Balaban J connectivity index is 2.11. The Kier molecular flexibility index (Phi) is 3.38. The van der Waals surface area contributed by atoms with Gasteiger partial charge in [-0.25, -0.2) is 9.59 Å². The molecule has 2 aliphatic heterocycles. The van der Waals surface area contributed by atoms with Gasteiger partial charge in [-0.2, -0.15) is 0 Å². The third kappa shape index (κ3) is 1.83. The Labute approximate surface area is 134 Å². The van der Waals surface area contributed by atoms with Crippen molar-refractivity contribution in [3.8, 4) is 0 Å². The van der Waals surface area contributed by atoms with Crippen molar-refractivity contribution in [2.75, 3.05) is 0 Å². The SMILES string of the molecule is CCCC12C(=O)NC(=O)NC1C1(CC(C)C)C(=O)NC(=O)NC21. The summed E-state index contributed by atoms with van der Waals surface area (Å²) in [6, 6.07) is -2.38. The van der Waals surface area contributed by atoms with Crippen LogP contribution in [0.3, 0.4) is 0 Å². The van der Waals surface area contributed by atoms with Crippen LogP contribution < -0.4 is 21.3 Å². The molecule has 6 amide bonds. The Morgan fingerprint density at radius 1 is 0.913 bits per heavy atom. The number of hydrogen-bond acceptors (Lipinski definition) is 4. The van der Waals surface area contributed by atoms with Crippen LogP contribution in [0.15, 0.2) is 0 Å². The predicted molar refractivity (Wildman–Crippen MR) is 80.2 cm³/mol. The summed E-state index contributed by atoms with van der Waals surface area (Å²) < 4.78 is 0. The normalized spacial score (nSPS) is 38.6. The van der Waals surface area contributed by atoms with Gasteiger partial charge in [0.2, 0.25) is 11.8 Å². The van der Waals surface area contributed by atoms with E-state index in [-0.39, 0.29) is 5.92 Å². The molecule has 3 aliphatic rings. The predicted octanol–water partition coefficient (Wildman–Crippen LogP) is 0.235. The average Bonchev–Trinajstić information content (AvgIpc) is 2.44. The highest BCUT2D eigenvalue weighted by Crippen LogP contribution is 2.61. The smallest absolute Gasteiger partial charge is 0.321 e. The largest absolute Gasteiger partial charge is 0.333 e. The van der Waals surface area contributed by atoms with Crippen LogP contribution in [-0.4, -0.2) is 36.0 Å². The van der Waals surface area contributed by atoms with Crippen LogP contribution in [-0.2, 0) is 9.59 Å². The maximum atomic E-state index is 12.7. The number of nitrogens with one attached hydrogen (secondary N) is 4. The van der Waals surface area contributed by atoms with Gasteiger partial charge in [0, 0.05) is 0 Å². The summed E-state index contributed by atoms with van der Waals surface area (Å²) in [5, 5.41) is 10.2. The van der Waals surface area contributed by atoms with Crippen molar-refractivity contribution >= 4 is 23.9 Å². The molecule has 0 bridgehead atoms. The summed E-state index contributed by atoms with van der Waals surface area (Å²) in [6.07, 6.45) is 1.67. The first-order valence-electron chi connectivity index (χ1n) is 8.03. The van der Waals surface area contributed by atoms with Crippen LogP contribution in [0.1, 0.15) is 40.0 Å². The van der Waals surface area contributed by atoms with Crippen LogP contribution in [0, 0.1) is 16.7 Å². The topological polar surface area (TPSA) is 116 Å². The lowest BCUT2D eigenvalue weighted by molar-refractivity contribution is -0.186. The minimum absolute atomic E-state index is 0.166. The number of imide groups is 2. The van der Waals surface area contributed by atoms with E-state index in [2.05, 4.69) is 21.3 Å². The van der Waals surface area contributed by atoms with E-state index >= 15 is 0 Å². The summed E-state index contributed by atoms with van der Waals surface area (Å²) in [7, 11) is 0. The number of hydrogen-bond donors (Lipinski definition) is 4. The van der Waals surface area contributed by atoms with E-state index < -0.39 is 46.8 Å². The fraction of sp³-hybridized carbons (Fsp3) is 0.733. The second-order valence-electron chi connectivity index (χ2n) is 7.15. The van der Waals surface area contributed by atoms with Gasteiger partial charge < -0.3 is 10.6 Å². The summed E-state index contributed by atoms with van der Waals surface area (Å²) in [4.78, 5) is 48.9. The quantitative estimate of drug-likeness (QED) is 0.593. The highest BCUT2D eigenvalue weighted by atomic mass is 16.2. The van der Waals surface area contributed by atoms with Gasteiger partial charge in [-0.1, -0.05) is 27.2 Å². The number of fused-ring (bicyclic) bond motifs is 4. The number of rotatable bonds is 4. The molecule has 3 rings (SSSR count). The lowest BCUT2D eigenvalue weighted by Gasteiger charge is -2.69. The third-order valence-electron chi connectivity index (χ3n) is 5.32. The molecule has 126 valence electrons. The van der Waals surface area contributed by atoms with Crippen molar-refractivity contribution in [2.24, 2.45) is 16.7 Å². The molecule has 1 saturated carbocycles. The number of carbonyl (C=O) groups is 4. The first kappa shape index (κ1) is 15.8. The number of urea groups is 2. The summed E-state index contributed by atoms with van der Waals surface area (Å²) in [5.74, 6) is -0.654. The molecule has 1 aliphatic carbocycles. The Morgan fingerprint density at radius 3 is 1.83 bits per heavy atom. The zero-order chi connectivity index (χ0) is 17.0. The molecule has 2 heterocycles. The van der Waals surface area contributed by atoms with Gasteiger partial charge in [0.25, 0.3) is 0 Å². The molecule has 0 aromatic rings. The Morgan fingerprint density at radius 2 is 1.39 bits per heavy atom. The average molecular weight is 322 g/mol. The molecular weight excluding hydrogens is 300 g/mol. The second-order valence-corrected chi connectivity index (χ2v) is 7.15. The van der Waals surface area contributed by atoms with E-state index in [9.17, 15) is 19.2 Å². The molecule has 0 radical (unpaired) electrons. The number of amides is 6. The van der Waals surface area contributed by atoms with Gasteiger partial charge in [0.05, 0.1) is 22.9 Å². The minimum Gasteiger partial charge on any atom is -0.333 e. The van der Waals surface area contributed by atoms with E-state index in [1.165, 1.54) is 0 Å². The third-order valence-corrected chi connectivity index (χ3v) is 5.32. The Bertz CT molecular complexity index is 582. The second kappa shape index (κ2) is 4.94. The van der Waals surface area contributed by atoms with E-state index in [1.807, 2.05) is 20.8 Å². The van der Waals surface area contributed by atoms with Crippen molar-refractivity contribution in [1.82, 2.24) is 21.3 Å². The highest BCUT2D eigenvalue weighted by molar-refractivity contribution is 6.09. The molecule has 8 heteroatoms. The van der Waals surface area contributed by atoms with Crippen LogP contribution >= 0.6 is 0 Å². The molecule has 0 aromatic carbocycles. The molecule has 4 unspecified atom stereocenters. The van der Waals surface area contributed by atoms with Gasteiger partial charge in [-0.05, 0) is 18.8 Å². The minimum atomic E-state index is -0.981. The molecule has 4 atom stereocenters.